The standard InChI is InChI=1S/C30H38ClFN4O3/c1-17(2)21(20-10-7-11-22(32)26(20)31)15-25-34-23-13-12-19(14-24(23)35-25)30(3,16-39-5)29(38)36-27(28(37)33-4)18-8-6-9-18/h7,10-14,17-18,21,27H,6,8-9,15-16H2,1-5H3,(H,33,37)(H,34,35)(H,36,38)/t21?,27-,30?/m1/s1. The molecule has 3 atom stereocenters. The van der Waals surface area contributed by atoms with Crippen LogP contribution in [0.1, 0.15) is 62.9 Å². The Kier molecular flexibility index (Phi) is 8.96. The van der Waals surface area contributed by atoms with Crippen molar-refractivity contribution in [2.24, 2.45) is 11.8 Å². The Morgan fingerprint density at radius 3 is 2.62 bits per heavy atom. The van der Waals surface area contributed by atoms with Gasteiger partial charge in [0, 0.05) is 20.6 Å². The number of carbonyl (C=O) groups is 2. The number of benzene rings is 2. The highest BCUT2D eigenvalue weighted by Gasteiger charge is 2.41. The van der Waals surface area contributed by atoms with E-state index >= 15 is 0 Å². The Morgan fingerprint density at radius 2 is 2.00 bits per heavy atom. The third kappa shape index (κ3) is 5.97. The summed E-state index contributed by atoms with van der Waals surface area (Å²) in [6.45, 7) is 6.13. The van der Waals surface area contributed by atoms with Gasteiger partial charge in [0.2, 0.25) is 11.8 Å². The maximum atomic E-state index is 14.2. The van der Waals surface area contributed by atoms with Crippen molar-refractivity contribution in [3.63, 3.8) is 0 Å². The molecule has 0 bridgehead atoms. The Bertz CT molecular complexity index is 1340. The Morgan fingerprint density at radius 1 is 1.26 bits per heavy atom. The summed E-state index contributed by atoms with van der Waals surface area (Å²) in [6.07, 6.45) is 3.45. The molecule has 0 aliphatic heterocycles. The van der Waals surface area contributed by atoms with Crippen molar-refractivity contribution in [1.29, 1.82) is 0 Å². The van der Waals surface area contributed by atoms with E-state index in [0.29, 0.717) is 6.42 Å². The summed E-state index contributed by atoms with van der Waals surface area (Å²) < 4.78 is 19.7. The number of hydrogen-bond donors (Lipinski definition) is 3. The summed E-state index contributed by atoms with van der Waals surface area (Å²) >= 11 is 6.32. The molecule has 1 aromatic heterocycles. The fraction of sp³-hybridized carbons (Fsp3) is 0.500. The first-order valence-electron chi connectivity index (χ1n) is 13.5. The molecule has 1 aliphatic rings. The third-order valence-electron chi connectivity index (χ3n) is 8.14. The lowest BCUT2D eigenvalue weighted by molar-refractivity contribution is -0.134. The van der Waals surface area contributed by atoms with Crippen LogP contribution < -0.4 is 10.6 Å². The van der Waals surface area contributed by atoms with Crippen LogP contribution in [0.5, 0.6) is 0 Å². The van der Waals surface area contributed by atoms with Crippen molar-refractivity contribution < 1.29 is 18.7 Å². The van der Waals surface area contributed by atoms with E-state index in [1.165, 1.54) is 6.07 Å². The smallest absolute Gasteiger partial charge is 0.242 e. The summed E-state index contributed by atoms with van der Waals surface area (Å²) in [5, 5.41) is 5.84. The second-order valence-corrected chi connectivity index (χ2v) is 11.5. The van der Waals surface area contributed by atoms with Crippen molar-refractivity contribution in [2.45, 2.75) is 63.8 Å². The predicted molar refractivity (Wildman–Crippen MR) is 151 cm³/mol. The maximum Gasteiger partial charge on any atom is 0.242 e. The number of aromatic amines is 1. The number of hydrogen-bond acceptors (Lipinski definition) is 4. The first kappa shape index (κ1) is 29.0. The fourth-order valence-electron chi connectivity index (χ4n) is 5.42. The zero-order valence-corrected chi connectivity index (χ0v) is 24.0. The minimum atomic E-state index is -1.03. The molecular formula is C30H38ClFN4O3. The lowest BCUT2D eigenvalue weighted by atomic mass is 9.77. The van der Waals surface area contributed by atoms with Gasteiger partial charge in [-0.3, -0.25) is 9.59 Å². The molecule has 9 heteroatoms. The van der Waals surface area contributed by atoms with Crippen LogP contribution in [0.3, 0.4) is 0 Å². The Hall–Kier alpha value is -2.97. The van der Waals surface area contributed by atoms with Crippen molar-refractivity contribution in [2.75, 3.05) is 20.8 Å². The van der Waals surface area contributed by atoms with Gasteiger partial charge < -0.3 is 20.4 Å². The van der Waals surface area contributed by atoms with Crippen molar-refractivity contribution in [3.05, 3.63) is 64.2 Å². The van der Waals surface area contributed by atoms with E-state index in [0.717, 1.165) is 47.2 Å². The number of nitrogens with one attached hydrogen (secondary N) is 3. The van der Waals surface area contributed by atoms with Crippen LogP contribution in [0.4, 0.5) is 4.39 Å². The molecule has 210 valence electrons. The Balaban J connectivity index is 1.62. The zero-order chi connectivity index (χ0) is 28.3. The van der Waals surface area contributed by atoms with E-state index in [1.807, 2.05) is 31.2 Å². The number of aromatic nitrogens is 2. The molecule has 1 heterocycles. The number of imidazole rings is 1. The quantitative estimate of drug-likeness (QED) is 0.300. The van der Waals surface area contributed by atoms with E-state index in [1.54, 1.807) is 20.2 Å². The van der Waals surface area contributed by atoms with Gasteiger partial charge in [-0.05, 0) is 66.8 Å². The number of fused-ring (bicyclic) bond motifs is 1. The topological polar surface area (TPSA) is 96.1 Å². The first-order valence-corrected chi connectivity index (χ1v) is 13.9. The predicted octanol–water partition coefficient (Wildman–Crippen LogP) is 5.27. The summed E-state index contributed by atoms with van der Waals surface area (Å²) in [5.41, 5.74) is 2.03. The van der Waals surface area contributed by atoms with Gasteiger partial charge in [0.05, 0.1) is 28.1 Å². The number of H-pyrrole nitrogens is 1. The summed E-state index contributed by atoms with van der Waals surface area (Å²) in [5.74, 6) is 0.184. The molecule has 1 aliphatic carbocycles. The highest BCUT2D eigenvalue weighted by atomic mass is 35.5. The van der Waals surface area contributed by atoms with Gasteiger partial charge in [-0.25, -0.2) is 9.37 Å². The molecular weight excluding hydrogens is 519 g/mol. The van der Waals surface area contributed by atoms with Gasteiger partial charge in [-0.2, -0.15) is 0 Å². The lowest BCUT2D eigenvalue weighted by Crippen LogP contribution is -2.57. The molecule has 39 heavy (non-hydrogen) atoms. The van der Waals surface area contributed by atoms with Gasteiger partial charge in [0.25, 0.3) is 0 Å². The van der Waals surface area contributed by atoms with E-state index in [2.05, 4.69) is 29.5 Å². The molecule has 0 spiro atoms. The van der Waals surface area contributed by atoms with Gasteiger partial charge in [-0.15, -0.1) is 0 Å². The average molecular weight is 557 g/mol. The SMILES string of the molecule is CNC(=O)[C@H](NC(=O)C(C)(COC)c1ccc2nc(CC(c3cccc(F)c3Cl)C(C)C)[nH]c2c1)C1CCC1. The minimum Gasteiger partial charge on any atom is -0.383 e. The highest BCUT2D eigenvalue weighted by molar-refractivity contribution is 6.31. The number of nitrogens with zero attached hydrogens (tertiary/aromatic N) is 1. The summed E-state index contributed by atoms with van der Waals surface area (Å²) in [6, 6.07) is 10.0. The zero-order valence-electron chi connectivity index (χ0n) is 23.2. The molecule has 1 saturated carbocycles. The molecule has 7 nitrogen and oxygen atoms in total. The molecule has 3 N–H and O–H groups in total. The van der Waals surface area contributed by atoms with Crippen LogP contribution in [0.15, 0.2) is 36.4 Å². The molecule has 1 fully saturated rings. The van der Waals surface area contributed by atoms with Crippen LogP contribution in [0.25, 0.3) is 11.0 Å². The van der Waals surface area contributed by atoms with E-state index in [4.69, 9.17) is 21.3 Å². The second kappa shape index (κ2) is 12.0. The van der Waals surface area contributed by atoms with E-state index in [-0.39, 0.29) is 41.2 Å². The van der Waals surface area contributed by atoms with E-state index in [9.17, 15) is 14.0 Å². The Labute approximate surface area is 234 Å². The molecule has 2 amide bonds. The van der Waals surface area contributed by atoms with Crippen molar-refractivity contribution in [1.82, 2.24) is 20.6 Å². The van der Waals surface area contributed by atoms with Gasteiger partial charge in [0.15, 0.2) is 0 Å². The van der Waals surface area contributed by atoms with Crippen LogP contribution in [0, 0.1) is 17.7 Å². The minimum absolute atomic E-state index is 0.0362. The lowest BCUT2D eigenvalue weighted by Gasteiger charge is -2.36. The van der Waals surface area contributed by atoms with E-state index < -0.39 is 17.3 Å². The average Bonchev–Trinajstić information content (AvgIpc) is 3.29. The number of amides is 2. The van der Waals surface area contributed by atoms with Crippen LogP contribution >= 0.6 is 11.6 Å². The van der Waals surface area contributed by atoms with Crippen LogP contribution in [-0.2, 0) is 26.2 Å². The first-order chi connectivity index (χ1) is 18.6. The fourth-order valence-corrected chi connectivity index (χ4v) is 5.68. The van der Waals surface area contributed by atoms with Crippen LogP contribution in [0.2, 0.25) is 5.02 Å². The number of methoxy groups -OCH3 is 1. The monoisotopic (exact) mass is 556 g/mol. The largest absolute Gasteiger partial charge is 0.383 e. The molecule has 4 rings (SSSR count). The number of likely N-dealkylation sites (N-methyl/N-ethyl adjacent to an activating group) is 1. The summed E-state index contributed by atoms with van der Waals surface area (Å²) in [4.78, 5) is 34.4. The highest BCUT2D eigenvalue weighted by Crippen LogP contribution is 2.35. The molecule has 3 aromatic rings. The summed E-state index contributed by atoms with van der Waals surface area (Å²) in [7, 11) is 3.15. The van der Waals surface area contributed by atoms with Gasteiger partial charge in [0.1, 0.15) is 17.7 Å². The normalized spacial score (nSPS) is 16.9. The van der Waals surface area contributed by atoms with Gasteiger partial charge >= 0.3 is 0 Å². The molecule has 2 unspecified atom stereocenters. The number of halogens is 2. The number of carbonyl (C=O) groups excluding carboxylic acids is 2. The van der Waals surface area contributed by atoms with Crippen molar-refractivity contribution >= 4 is 34.4 Å². The molecule has 2 aromatic carbocycles. The number of rotatable bonds is 11. The maximum absolute atomic E-state index is 14.2. The molecule has 0 saturated heterocycles. The second-order valence-electron chi connectivity index (χ2n) is 11.1. The molecule has 0 radical (unpaired) electrons. The van der Waals surface area contributed by atoms with Crippen LogP contribution in [-0.4, -0.2) is 48.6 Å². The number of ether oxygens (including phenoxy) is 1. The van der Waals surface area contributed by atoms with Gasteiger partial charge in [-0.1, -0.05) is 50.1 Å². The van der Waals surface area contributed by atoms with Crippen molar-refractivity contribution in [3.8, 4) is 0 Å². The third-order valence-corrected chi connectivity index (χ3v) is 8.54.